The number of carbonyl (C=O) groups is 1. The maximum Gasteiger partial charge on any atom is 0.303 e. The molecule has 0 bridgehead atoms. The van der Waals surface area contributed by atoms with Crippen molar-refractivity contribution in [3.8, 4) is 5.75 Å². The second-order valence-electron chi connectivity index (χ2n) is 10.2. The fourth-order valence-corrected chi connectivity index (χ4v) is 6.42. The molecule has 39 heavy (non-hydrogen) atoms. The van der Waals surface area contributed by atoms with E-state index in [9.17, 15) is 23.8 Å². The van der Waals surface area contributed by atoms with Gasteiger partial charge in [-0.1, -0.05) is 6.07 Å². The van der Waals surface area contributed by atoms with Gasteiger partial charge < -0.3 is 19.8 Å². The van der Waals surface area contributed by atoms with Crippen molar-refractivity contribution >= 4 is 28.6 Å². The number of fused-ring (bicyclic) bond motifs is 1. The number of aliphatic hydroxyl groups excluding tert-OH is 1. The Morgan fingerprint density at radius 1 is 1.21 bits per heavy atom. The average molecular weight is 559 g/mol. The number of nitrogens with zero attached hydrogens (tertiary/aromatic N) is 2. The number of thioether (sulfide) groups is 1. The SMILES string of the molecule is COc1ccc2nccc([C@@H](O)CCC3CCN(CCCSc4cccc(F)c4F)CC3CCC(=O)O)c2c1. The number of pyridine rings is 1. The average Bonchev–Trinajstić information content (AvgIpc) is 2.94. The lowest BCUT2D eigenvalue weighted by Gasteiger charge is -2.39. The van der Waals surface area contributed by atoms with Gasteiger partial charge in [0.25, 0.3) is 0 Å². The molecule has 0 amide bonds. The van der Waals surface area contributed by atoms with Crippen molar-refractivity contribution in [2.45, 2.75) is 49.5 Å². The third-order valence-electron chi connectivity index (χ3n) is 7.65. The number of aliphatic hydroxyl groups is 1. The smallest absolute Gasteiger partial charge is 0.303 e. The fourth-order valence-electron chi connectivity index (χ4n) is 5.53. The van der Waals surface area contributed by atoms with E-state index in [2.05, 4.69) is 9.88 Å². The molecule has 4 rings (SSSR count). The number of methoxy groups -OCH3 is 1. The van der Waals surface area contributed by atoms with Crippen molar-refractivity contribution in [3.63, 3.8) is 0 Å². The summed E-state index contributed by atoms with van der Waals surface area (Å²) in [6, 6.07) is 11.7. The summed E-state index contributed by atoms with van der Waals surface area (Å²) in [4.78, 5) is 18.4. The first-order chi connectivity index (χ1) is 18.9. The van der Waals surface area contributed by atoms with Gasteiger partial charge in [0.1, 0.15) is 5.75 Å². The Labute approximate surface area is 232 Å². The van der Waals surface area contributed by atoms with Crippen LogP contribution in [-0.4, -0.2) is 58.6 Å². The van der Waals surface area contributed by atoms with Crippen molar-refractivity contribution in [3.05, 3.63) is 65.9 Å². The molecular weight excluding hydrogens is 522 g/mol. The topological polar surface area (TPSA) is 82.9 Å². The number of aromatic nitrogens is 1. The van der Waals surface area contributed by atoms with Gasteiger partial charge in [0.05, 0.1) is 18.7 Å². The second-order valence-corrected chi connectivity index (χ2v) is 11.3. The molecule has 0 spiro atoms. The first-order valence-electron chi connectivity index (χ1n) is 13.5. The molecule has 2 unspecified atom stereocenters. The minimum atomic E-state index is -0.828. The monoisotopic (exact) mass is 558 g/mol. The van der Waals surface area contributed by atoms with Crippen LogP contribution in [0.1, 0.15) is 50.2 Å². The molecule has 2 N–H and O–H groups in total. The summed E-state index contributed by atoms with van der Waals surface area (Å²) in [5, 5.41) is 21.3. The Morgan fingerprint density at radius 3 is 2.85 bits per heavy atom. The Bertz CT molecular complexity index is 1260. The van der Waals surface area contributed by atoms with Gasteiger partial charge in [-0.3, -0.25) is 9.78 Å². The highest BCUT2D eigenvalue weighted by Gasteiger charge is 2.30. The molecule has 1 aliphatic rings. The summed E-state index contributed by atoms with van der Waals surface area (Å²) in [5.74, 6) is -0.473. The molecule has 0 saturated carbocycles. The summed E-state index contributed by atoms with van der Waals surface area (Å²) < 4.78 is 32.7. The Kier molecular flexibility index (Phi) is 10.5. The van der Waals surface area contributed by atoms with E-state index < -0.39 is 23.7 Å². The predicted molar refractivity (Wildman–Crippen MR) is 149 cm³/mol. The van der Waals surface area contributed by atoms with Crippen molar-refractivity contribution in [2.24, 2.45) is 11.8 Å². The fraction of sp³-hybridized carbons (Fsp3) is 0.467. The lowest BCUT2D eigenvalue weighted by atomic mass is 9.79. The second kappa shape index (κ2) is 14.1. The van der Waals surface area contributed by atoms with Gasteiger partial charge in [0.15, 0.2) is 11.6 Å². The largest absolute Gasteiger partial charge is 0.497 e. The van der Waals surface area contributed by atoms with Gasteiger partial charge in [0, 0.05) is 29.4 Å². The highest BCUT2D eigenvalue weighted by Crippen LogP contribution is 2.35. The van der Waals surface area contributed by atoms with E-state index in [0.717, 1.165) is 61.4 Å². The minimum absolute atomic E-state index is 0.126. The Hall–Kier alpha value is -2.75. The summed E-state index contributed by atoms with van der Waals surface area (Å²) in [7, 11) is 1.61. The number of rotatable bonds is 13. The van der Waals surface area contributed by atoms with E-state index in [1.807, 2.05) is 24.3 Å². The predicted octanol–water partition coefficient (Wildman–Crippen LogP) is 6.32. The van der Waals surface area contributed by atoms with Crippen LogP contribution in [0.4, 0.5) is 8.78 Å². The molecule has 9 heteroatoms. The van der Waals surface area contributed by atoms with Crippen LogP contribution in [0, 0.1) is 23.5 Å². The van der Waals surface area contributed by atoms with Crippen molar-refractivity contribution in [1.29, 1.82) is 0 Å². The molecule has 210 valence electrons. The zero-order valence-electron chi connectivity index (χ0n) is 22.2. The highest BCUT2D eigenvalue weighted by atomic mass is 32.2. The third-order valence-corrected chi connectivity index (χ3v) is 8.77. The van der Waals surface area contributed by atoms with E-state index in [1.165, 1.54) is 17.8 Å². The number of hydrogen-bond donors (Lipinski definition) is 2. The van der Waals surface area contributed by atoms with Gasteiger partial charge in [-0.25, -0.2) is 8.78 Å². The molecule has 3 atom stereocenters. The van der Waals surface area contributed by atoms with E-state index in [0.29, 0.717) is 35.2 Å². The van der Waals surface area contributed by atoms with Crippen molar-refractivity contribution in [2.75, 3.05) is 32.5 Å². The number of carboxylic acids is 1. The number of hydrogen-bond acceptors (Lipinski definition) is 6. The van der Waals surface area contributed by atoms with E-state index in [4.69, 9.17) is 4.74 Å². The van der Waals surface area contributed by atoms with Crippen LogP contribution in [0.3, 0.4) is 0 Å². The highest BCUT2D eigenvalue weighted by molar-refractivity contribution is 7.99. The quantitative estimate of drug-likeness (QED) is 0.188. The van der Waals surface area contributed by atoms with Gasteiger partial charge in [0.2, 0.25) is 0 Å². The number of benzene rings is 2. The van der Waals surface area contributed by atoms with E-state index >= 15 is 0 Å². The maximum absolute atomic E-state index is 13.9. The first kappa shape index (κ1) is 29.2. The zero-order valence-corrected chi connectivity index (χ0v) is 23.0. The first-order valence-corrected chi connectivity index (χ1v) is 14.5. The molecule has 0 aliphatic carbocycles. The molecule has 6 nitrogen and oxygen atoms in total. The molecule has 1 aromatic heterocycles. The molecule has 1 fully saturated rings. The summed E-state index contributed by atoms with van der Waals surface area (Å²) >= 11 is 1.32. The Balaban J connectivity index is 1.32. The molecule has 3 aromatic rings. The molecule has 2 aromatic carbocycles. The van der Waals surface area contributed by atoms with Crippen molar-refractivity contribution in [1.82, 2.24) is 9.88 Å². The van der Waals surface area contributed by atoms with Crippen LogP contribution in [0.15, 0.2) is 53.6 Å². The van der Waals surface area contributed by atoms with E-state index in [-0.39, 0.29) is 12.3 Å². The van der Waals surface area contributed by atoms with E-state index in [1.54, 1.807) is 19.4 Å². The van der Waals surface area contributed by atoms with Gasteiger partial charge in [-0.15, -0.1) is 11.8 Å². The van der Waals surface area contributed by atoms with Crippen molar-refractivity contribution < 1.29 is 28.5 Å². The van der Waals surface area contributed by atoms with Crippen LogP contribution in [-0.2, 0) is 4.79 Å². The number of carboxylic acid groups (broad SMARTS) is 1. The maximum atomic E-state index is 13.9. The lowest BCUT2D eigenvalue weighted by molar-refractivity contribution is -0.137. The van der Waals surface area contributed by atoms with Crippen LogP contribution < -0.4 is 4.74 Å². The number of piperidine rings is 1. The molecule has 1 saturated heterocycles. The van der Waals surface area contributed by atoms with Crippen LogP contribution in [0.2, 0.25) is 0 Å². The molecule has 0 radical (unpaired) electrons. The molecular formula is C30H36F2N2O4S. The van der Waals surface area contributed by atoms with Gasteiger partial charge in [-0.05, 0) is 105 Å². The Morgan fingerprint density at radius 2 is 2.05 bits per heavy atom. The molecule has 1 aliphatic heterocycles. The summed E-state index contributed by atoms with van der Waals surface area (Å²) in [5.41, 5.74) is 1.63. The normalized spacial score (nSPS) is 18.8. The minimum Gasteiger partial charge on any atom is -0.497 e. The third kappa shape index (κ3) is 7.90. The lowest BCUT2D eigenvalue weighted by Crippen LogP contribution is -2.41. The van der Waals surface area contributed by atoms with Gasteiger partial charge >= 0.3 is 5.97 Å². The molecule has 2 heterocycles. The zero-order chi connectivity index (χ0) is 27.8. The van der Waals surface area contributed by atoms with Crippen LogP contribution >= 0.6 is 11.8 Å². The number of likely N-dealkylation sites (tertiary alicyclic amines) is 1. The summed E-state index contributed by atoms with van der Waals surface area (Å²) in [6.45, 7) is 2.54. The summed E-state index contributed by atoms with van der Waals surface area (Å²) in [6.07, 6.45) is 4.94. The van der Waals surface area contributed by atoms with Crippen LogP contribution in [0.5, 0.6) is 5.75 Å². The number of aliphatic carboxylic acids is 1. The van der Waals surface area contributed by atoms with Gasteiger partial charge in [-0.2, -0.15) is 0 Å². The number of halogens is 2. The number of ether oxygens (including phenoxy) is 1. The van der Waals surface area contributed by atoms with Crippen LogP contribution in [0.25, 0.3) is 10.9 Å². The standard InChI is InChI=1S/C30H36F2N2O4S/c1-38-22-8-9-26-24(18-22)23(12-14-33-26)27(35)10-6-20-13-16-34(19-21(20)7-11-29(36)37)15-3-17-39-28-5-2-4-25(31)30(28)32/h2,4-5,8-9,12,14,18,20-21,27,35H,3,6-7,10-11,13,15-17,19H2,1H3,(H,36,37)/t20?,21?,27-/m0/s1.